The maximum atomic E-state index is 11.4. The topological polar surface area (TPSA) is 43.4 Å². The molecule has 0 bridgehead atoms. The molecule has 0 N–H and O–H groups in total. The highest BCUT2D eigenvalue weighted by atomic mass is 16.5. The lowest BCUT2D eigenvalue weighted by Crippen LogP contribution is -2.23. The van der Waals surface area contributed by atoms with Gasteiger partial charge in [-0.2, -0.15) is 0 Å². The number of benzene rings is 1. The molecule has 126 valence electrons. The quantitative estimate of drug-likeness (QED) is 0.707. The van der Waals surface area contributed by atoms with Crippen LogP contribution in [0.1, 0.15) is 71.6 Å². The summed E-state index contributed by atoms with van der Waals surface area (Å²) in [5, 5.41) is 0. The van der Waals surface area contributed by atoms with Gasteiger partial charge in [0.05, 0.1) is 0 Å². The summed E-state index contributed by atoms with van der Waals surface area (Å²) in [5.74, 6) is 0.672. The fourth-order valence-corrected chi connectivity index (χ4v) is 2.65. The van der Waals surface area contributed by atoms with Crippen molar-refractivity contribution in [1.82, 2.24) is 0 Å². The number of carbonyl (C=O) groups excluding carboxylic acids is 2. The summed E-state index contributed by atoms with van der Waals surface area (Å²) in [6, 6.07) is 3.87. The largest absolute Gasteiger partial charge is 0.428 e. The number of hydrogen-bond donors (Lipinski definition) is 0. The third-order valence-electron chi connectivity index (χ3n) is 2.99. The molecule has 0 unspecified atom stereocenters. The van der Waals surface area contributed by atoms with Crippen LogP contribution in [0.25, 0.3) is 0 Å². The third-order valence-corrected chi connectivity index (χ3v) is 2.99. The van der Waals surface area contributed by atoms with Crippen LogP contribution in [0.2, 0.25) is 0 Å². The van der Waals surface area contributed by atoms with E-state index in [1.165, 1.54) is 0 Å². The van der Waals surface area contributed by atoms with Crippen LogP contribution < -0.4 is 4.74 Å². The lowest BCUT2D eigenvalue weighted by molar-refractivity contribution is -0.120. The Morgan fingerprint density at radius 1 is 1.14 bits per heavy atom. The van der Waals surface area contributed by atoms with Crippen molar-refractivity contribution in [2.45, 2.75) is 74.1 Å². The molecule has 0 heterocycles. The van der Waals surface area contributed by atoms with Gasteiger partial charge < -0.3 is 4.74 Å². The summed E-state index contributed by atoms with van der Waals surface area (Å²) in [6.07, 6.45) is 0.423. The first kappa shape index (κ1) is 22.6. The average molecular weight is 308 g/mol. The third kappa shape index (κ3) is 6.88. The molecule has 0 spiro atoms. The predicted octanol–water partition coefficient (Wildman–Crippen LogP) is 5.15. The van der Waals surface area contributed by atoms with Gasteiger partial charge in [0.2, 0.25) is 0 Å². The molecular weight excluding hydrogens is 276 g/mol. The van der Waals surface area contributed by atoms with Crippen molar-refractivity contribution in [1.29, 1.82) is 0 Å². The molecule has 22 heavy (non-hydrogen) atoms. The fourth-order valence-electron chi connectivity index (χ4n) is 2.65. The summed E-state index contributed by atoms with van der Waals surface area (Å²) in [5.41, 5.74) is 2.65. The van der Waals surface area contributed by atoms with Gasteiger partial charge in [-0.25, -0.2) is 0 Å². The number of carbonyl (C=O) groups is 2. The van der Waals surface area contributed by atoms with E-state index >= 15 is 0 Å². The lowest BCUT2D eigenvalue weighted by Gasteiger charge is -2.28. The van der Waals surface area contributed by atoms with Crippen molar-refractivity contribution in [2.75, 3.05) is 0 Å². The molecule has 1 aromatic carbocycles. The fraction of sp³-hybridized carbons (Fsp3) is 0.579. The minimum absolute atomic E-state index is 0.122. The molecule has 0 saturated carbocycles. The summed E-state index contributed by atoms with van der Waals surface area (Å²) in [7, 11) is 0. The van der Waals surface area contributed by atoms with E-state index in [9.17, 15) is 9.59 Å². The number of Topliss-reactive ketones (excluding diaryl/α,β-unsaturated/α-hetero) is 1. The van der Waals surface area contributed by atoms with Crippen molar-refractivity contribution in [3.8, 4) is 5.75 Å². The zero-order valence-corrected chi connectivity index (χ0v) is 15.7. The number of ketones is 1. The zero-order valence-electron chi connectivity index (χ0n) is 15.7. The molecular formula is C19H32O3. The molecule has 0 aliphatic heterocycles. The Bertz CT molecular complexity index is 474. The Hall–Kier alpha value is -1.64. The Balaban J connectivity index is 0. The Morgan fingerprint density at radius 3 is 2.05 bits per heavy atom. The normalized spacial score (nSPS) is 9.68. The summed E-state index contributed by atoms with van der Waals surface area (Å²) < 4.78 is 5.07. The second-order valence-electron chi connectivity index (χ2n) is 5.43. The van der Waals surface area contributed by atoms with Crippen LogP contribution in [-0.2, 0) is 15.0 Å². The Morgan fingerprint density at radius 2 is 1.64 bits per heavy atom. The first-order chi connectivity index (χ1) is 10.3. The van der Waals surface area contributed by atoms with Crippen LogP contribution in [0.5, 0.6) is 5.75 Å². The monoisotopic (exact) mass is 308 g/mol. The number of ether oxygens (including phenoxy) is 1. The molecule has 0 saturated heterocycles. The lowest BCUT2D eigenvalue weighted by atomic mass is 9.77. The molecule has 0 atom stereocenters. The van der Waals surface area contributed by atoms with Gasteiger partial charge in [0, 0.05) is 17.4 Å². The van der Waals surface area contributed by atoms with E-state index in [0.29, 0.717) is 18.6 Å². The van der Waals surface area contributed by atoms with Gasteiger partial charge in [-0.1, -0.05) is 47.6 Å². The summed E-state index contributed by atoms with van der Waals surface area (Å²) in [6.45, 7) is 17.9. The van der Waals surface area contributed by atoms with Gasteiger partial charge in [-0.15, -0.1) is 0 Å². The number of hydrogen-bond acceptors (Lipinski definition) is 3. The van der Waals surface area contributed by atoms with Crippen molar-refractivity contribution in [3.05, 3.63) is 28.8 Å². The maximum absolute atomic E-state index is 11.4. The average Bonchev–Trinajstić information content (AvgIpc) is 2.41. The molecule has 3 heteroatoms. The van der Waals surface area contributed by atoms with E-state index in [0.717, 1.165) is 16.7 Å². The SMILES string of the molecule is CC.CC.CC(=O)CC(C)(C)c1c(C)cc(C)cc1OC=O. The van der Waals surface area contributed by atoms with E-state index in [1.54, 1.807) is 6.92 Å². The summed E-state index contributed by atoms with van der Waals surface area (Å²) >= 11 is 0. The van der Waals surface area contributed by atoms with Gasteiger partial charge >= 0.3 is 0 Å². The van der Waals surface area contributed by atoms with Crippen molar-refractivity contribution in [2.24, 2.45) is 0 Å². The Kier molecular flexibility index (Phi) is 11.3. The minimum Gasteiger partial charge on any atom is -0.428 e. The molecule has 0 fully saturated rings. The molecule has 0 aliphatic carbocycles. The standard InChI is InChI=1S/C15H20O3.2C2H6/c1-10-6-11(2)14(13(7-10)18-9-16)15(4,5)8-12(3)17;2*1-2/h6-7,9H,8H2,1-5H3;2*1-2H3. The molecule has 1 aromatic rings. The minimum atomic E-state index is -0.345. The van der Waals surface area contributed by atoms with E-state index in [1.807, 2.05) is 67.5 Å². The van der Waals surface area contributed by atoms with Crippen molar-refractivity contribution < 1.29 is 14.3 Å². The summed E-state index contributed by atoms with van der Waals surface area (Å²) in [4.78, 5) is 22.0. The van der Waals surface area contributed by atoms with Crippen molar-refractivity contribution >= 4 is 12.3 Å². The smallest absolute Gasteiger partial charge is 0.298 e. The van der Waals surface area contributed by atoms with E-state index in [2.05, 4.69) is 0 Å². The highest BCUT2D eigenvalue weighted by molar-refractivity contribution is 5.77. The predicted molar refractivity (Wildman–Crippen MR) is 93.6 cm³/mol. The van der Waals surface area contributed by atoms with Crippen LogP contribution in [-0.4, -0.2) is 12.3 Å². The van der Waals surface area contributed by atoms with E-state index < -0.39 is 0 Å². The van der Waals surface area contributed by atoms with Gasteiger partial charge in [-0.05, 0) is 38.0 Å². The molecule has 3 nitrogen and oxygen atoms in total. The maximum Gasteiger partial charge on any atom is 0.298 e. The van der Waals surface area contributed by atoms with Gasteiger partial charge in [0.1, 0.15) is 11.5 Å². The molecule has 0 radical (unpaired) electrons. The van der Waals surface area contributed by atoms with Gasteiger partial charge in [0.15, 0.2) is 0 Å². The first-order valence-corrected chi connectivity index (χ1v) is 7.99. The van der Waals surface area contributed by atoms with E-state index in [-0.39, 0.29) is 11.2 Å². The molecule has 0 aliphatic rings. The second-order valence-corrected chi connectivity index (χ2v) is 5.43. The number of aryl methyl sites for hydroxylation is 2. The van der Waals surface area contributed by atoms with E-state index in [4.69, 9.17) is 4.74 Å². The van der Waals surface area contributed by atoms with Crippen LogP contribution in [0, 0.1) is 13.8 Å². The molecule has 1 rings (SSSR count). The van der Waals surface area contributed by atoms with Crippen LogP contribution in [0.15, 0.2) is 12.1 Å². The van der Waals surface area contributed by atoms with Gasteiger partial charge in [0.25, 0.3) is 6.47 Å². The van der Waals surface area contributed by atoms with Crippen LogP contribution in [0.4, 0.5) is 0 Å². The van der Waals surface area contributed by atoms with Crippen LogP contribution >= 0.6 is 0 Å². The molecule has 0 amide bonds. The highest BCUT2D eigenvalue weighted by Gasteiger charge is 2.28. The highest BCUT2D eigenvalue weighted by Crippen LogP contribution is 2.37. The molecule has 0 aromatic heterocycles. The second kappa shape index (κ2) is 11.0. The van der Waals surface area contributed by atoms with Gasteiger partial charge in [-0.3, -0.25) is 9.59 Å². The number of rotatable bonds is 5. The Labute approximate surface area is 136 Å². The zero-order chi connectivity index (χ0) is 17.9. The van der Waals surface area contributed by atoms with Crippen molar-refractivity contribution in [3.63, 3.8) is 0 Å². The van der Waals surface area contributed by atoms with Crippen LogP contribution in [0.3, 0.4) is 0 Å². The first-order valence-electron chi connectivity index (χ1n) is 7.99.